The fraction of sp³-hybridized carbons (Fsp3) is 0.429. The lowest BCUT2D eigenvalue weighted by Gasteiger charge is -2.10. The third-order valence-corrected chi connectivity index (χ3v) is 2.61. The van der Waals surface area contributed by atoms with Gasteiger partial charge in [0.2, 0.25) is 5.91 Å². The first-order valence-corrected chi connectivity index (χ1v) is 6.46. The lowest BCUT2D eigenvalue weighted by molar-refractivity contribution is -0.116. The van der Waals surface area contributed by atoms with Crippen LogP contribution in [0, 0.1) is 0 Å². The maximum atomic E-state index is 11.5. The molecule has 0 saturated carbocycles. The SMILES string of the molecule is CCCC(=O)Nc1cccc(CNC(=NC)NC)c1.I. The molecule has 0 atom stereocenters. The van der Waals surface area contributed by atoms with Crippen LogP contribution >= 0.6 is 24.0 Å². The third-order valence-electron chi connectivity index (χ3n) is 2.61. The van der Waals surface area contributed by atoms with E-state index in [1.54, 1.807) is 7.05 Å². The van der Waals surface area contributed by atoms with Gasteiger partial charge in [0.15, 0.2) is 5.96 Å². The van der Waals surface area contributed by atoms with Crippen LogP contribution in [0.2, 0.25) is 0 Å². The van der Waals surface area contributed by atoms with Crippen molar-refractivity contribution in [3.05, 3.63) is 29.8 Å². The highest BCUT2D eigenvalue weighted by molar-refractivity contribution is 14.0. The lowest BCUT2D eigenvalue weighted by Crippen LogP contribution is -2.34. The van der Waals surface area contributed by atoms with Crippen LogP contribution < -0.4 is 16.0 Å². The van der Waals surface area contributed by atoms with E-state index in [1.165, 1.54) is 0 Å². The number of halogens is 1. The average molecular weight is 390 g/mol. The van der Waals surface area contributed by atoms with Gasteiger partial charge in [-0.1, -0.05) is 19.1 Å². The molecule has 0 aromatic heterocycles. The number of anilines is 1. The number of guanidine groups is 1. The van der Waals surface area contributed by atoms with E-state index in [9.17, 15) is 4.79 Å². The Labute approximate surface area is 137 Å². The van der Waals surface area contributed by atoms with Gasteiger partial charge in [0.25, 0.3) is 0 Å². The summed E-state index contributed by atoms with van der Waals surface area (Å²) in [6.45, 7) is 2.65. The van der Waals surface area contributed by atoms with E-state index in [0.29, 0.717) is 13.0 Å². The zero-order chi connectivity index (χ0) is 14.1. The molecular weight excluding hydrogens is 367 g/mol. The predicted octanol–water partition coefficient (Wildman–Crippen LogP) is 2.34. The van der Waals surface area contributed by atoms with Crippen LogP contribution in [-0.4, -0.2) is 26.0 Å². The van der Waals surface area contributed by atoms with Crippen molar-refractivity contribution < 1.29 is 4.79 Å². The predicted molar refractivity (Wildman–Crippen MR) is 94.7 cm³/mol. The van der Waals surface area contributed by atoms with Crippen molar-refractivity contribution >= 4 is 41.5 Å². The normalized spacial score (nSPS) is 10.4. The summed E-state index contributed by atoms with van der Waals surface area (Å²) in [5.41, 5.74) is 1.92. The highest BCUT2D eigenvalue weighted by atomic mass is 127. The number of hydrogen-bond acceptors (Lipinski definition) is 2. The minimum atomic E-state index is 0. The van der Waals surface area contributed by atoms with E-state index in [0.717, 1.165) is 23.6 Å². The van der Waals surface area contributed by atoms with E-state index < -0.39 is 0 Å². The summed E-state index contributed by atoms with van der Waals surface area (Å²) in [4.78, 5) is 15.6. The van der Waals surface area contributed by atoms with Gasteiger partial charge in [-0.25, -0.2) is 0 Å². The molecule has 1 rings (SSSR count). The molecule has 0 aliphatic rings. The van der Waals surface area contributed by atoms with E-state index in [4.69, 9.17) is 0 Å². The molecule has 112 valence electrons. The monoisotopic (exact) mass is 390 g/mol. The van der Waals surface area contributed by atoms with Gasteiger partial charge < -0.3 is 16.0 Å². The molecule has 1 aromatic rings. The minimum Gasteiger partial charge on any atom is -0.359 e. The fourth-order valence-electron chi connectivity index (χ4n) is 1.67. The Hall–Kier alpha value is -1.31. The topological polar surface area (TPSA) is 65.5 Å². The van der Waals surface area contributed by atoms with Crippen LogP contribution in [-0.2, 0) is 11.3 Å². The van der Waals surface area contributed by atoms with Gasteiger partial charge in [0.1, 0.15) is 0 Å². The van der Waals surface area contributed by atoms with Crippen LogP contribution in [0.25, 0.3) is 0 Å². The van der Waals surface area contributed by atoms with Crippen molar-refractivity contribution in [3.8, 4) is 0 Å². The number of carbonyl (C=O) groups is 1. The molecule has 20 heavy (non-hydrogen) atoms. The second kappa shape index (κ2) is 10.5. The summed E-state index contributed by atoms with van der Waals surface area (Å²) < 4.78 is 0. The molecule has 0 bridgehead atoms. The Balaban J connectivity index is 0.00000361. The van der Waals surface area contributed by atoms with Crippen LogP contribution in [0.15, 0.2) is 29.3 Å². The van der Waals surface area contributed by atoms with Crippen LogP contribution in [0.1, 0.15) is 25.3 Å². The van der Waals surface area contributed by atoms with E-state index in [1.807, 2.05) is 38.2 Å². The Bertz CT molecular complexity index is 449. The van der Waals surface area contributed by atoms with Crippen LogP contribution in [0.5, 0.6) is 0 Å². The number of carbonyl (C=O) groups excluding carboxylic acids is 1. The number of rotatable bonds is 5. The first kappa shape index (κ1) is 18.7. The summed E-state index contributed by atoms with van der Waals surface area (Å²) >= 11 is 0. The quantitative estimate of drug-likeness (QED) is 0.411. The molecule has 0 aliphatic heterocycles. The molecular formula is C14H23IN4O. The Morgan fingerprint density at radius 3 is 2.70 bits per heavy atom. The molecule has 0 fully saturated rings. The highest BCUT2D eigenvalue weighted by Gasteiger charge is 2.02. The van der Waals surface area contributed by atoms with Gasteiger partial charge in [-0.15, -0.1) is 24.0 Å². The number of nitrogens with zero attached hydrogens (tertiary/aromatic N) is 1. The van der Waals surface area contributed by atoms with Gasteiger partial charge in [-0.05, 0) is 24.1 Å². The number of benzene rings is 1. The van der Waals surface area contributed by atoms with Crippen molar-refractivity contribution in [1.82, 2.24) is 10.6 Å². The van der Waals surface area contributed by atoms with Crippen LogP contribution in [0.3, 0.4) is 0 Å². The number of nitrogens with one attached hydrogen (secondary N) is 3. The van der Waals surface area contributed by atoms with Gasteiger partial charge in [0, 0.05) is 32.7 Å². The summed E-state index contributed by atoms with van der Waals surface area (Å²) in [5, 5.41) is 9.01. The van der Waals surface area contributed by atoms with E-state index >= 15 is 0 Å². The highest BCUT2D eigenvalue weighted by Crippen LogP contribution is 2.11. The molecule has 0 saturated heterocycles. The largest absolute Gasteiger partial charge is 0.359 e. The number of aliphatic imine (C=N–C) groups is 1. The van der Waals surface area contributed by atoms with E-state index in [-0.39, 0.29) is 29.9 Å². The van der Waals surface area contributed by atoms with Crippen molar-refractivity contribution in [2.75, 3.05) is 19.4 Å². The molecule has 0 aliphatic carbocycles. The summed E-state index contributed by atoms with van der Waals surface area (Å²) in [5.74, 6) is 0.791. The van der Waals surface area contributed by atoms with Crippen molar-refractivity contribution in [1.29, 1.82) is 0 Å². The molecule has 1 aromatic carbocycles. The maximum Gasteiger partial charge on any atom is 0.224 e. The standard InChI is InChI=1S/C14H22N4O.HI/c1-4-6-13(19)18-12-8-5-7-11(9-12)10-17-14(15-2)16-3;/h5,7-9H,4,6,10H2,1-3H3,(H,18,19)(H2,15,16,17);1H. The van der Waals surface area contributed by atoms with Crippen molar-refractivity contribution in [2.24, 2.45) is 4.99 Å². The Morgan fingerprint density at radius 1 is 1.35 bits per heavy atom. The molecule has 0 unspecified atom stereocenters. The number of amides is 1. The van der Waals surface area contributed by atoms with Gasteiger partial charge in [0.05, 0.1) is 0 Å². The van der Waals surface area contributed by atoms with Gasteiger partial charge in [-0.3, -0.25) is 9.79 Å². The summed E-state index contributed by atoms with van der Waals surface area (Å²) in [7, 11) is 3.54. The van der Waals surface area contributed by atoms with Crippen molar-refractivity contribution in [3.63, 3.8) is 0 Å². The second-order valence-electron chi connectivity index (χ2n) is 4.17. The lowest BCUT2D eigenvalue weighted by atomic mass is 10.2. The van der Waals surface area contributed by atoms with Crippen LogP contribution in [0.4, 0.5) is 5.69 Å². The maximum absolute atomic E-state index is 11.5. The molecule has 5 nitrogen and oxygen atoms in total. The molecule has 0 radical (unpaired) electrons. The Kier molecular flexibility index (Phi) is 9.79. The smallest absolute Gasteiger partial charge is 0.224 e. The molecule has 0 heterocycles. The second-order valence-corrected chi connectivity index (χ2v) is 4.17. The van der Waals surface area contributed by atoms with Crippen molar-refractivity contribution in [2.45, 2.75) is 26.3 Å². The zero-order valence-electron chi connectivity index (χ0n) is 12.2. The van der Waals surface area contributed by atoms with Gasteiger partial charge in [-0.2, -0.15) is 0 Å². The minimum absolute atomic E-state index is 0. The fourth-order valence-corrected chi connectivity index (χ4v) is 1.67. The molecule has 6 heteroatoms. The molecule has 3 N–H and O–H groups in total. The van der Waals surface area contributed by atoms with Gasteiger partial charge >= 0.3 is 0 Å². The Morgan fingerprint density at radius 2 is 2.10 bits per heavy atom. The molecule has 0 spiro atoms. The van der Waals surface area contributed by atoms with E-state index in [2.05, 4.69) is 20.9 Å². The average Bonchev–Trinajstić information content (AvgIpc) is 2.40. The molecule has 1 amide bonds. The summed E-state index contributed by atoms with van der Waals surface area (Å²) in [6, 6.07) is 7.79. The summed E-state index contributed by atoms with van der Waals surface area (Å²) in [6.07, 6.45) is 1.40. The number of hydrogen-bond donors (Lipinski definition) is 3. The zero-order valence-corrected chi connectivity index (χ0v) is 14.5. The first-order chi connectivity index (χ1) is 9.19. The first-order valence-electron chi connectivity index (χ1n) is 6.46. The third kappa shape index (κ3) is 6.74.